The molecular formula is C35H46N4O8S. The fraction of sp³-hybridized carbons (Fsp3) is 0.457. The van der Waals surface area contributed by atoms with Crippen molar-refractivity contribution in [1.29, 1.82) is 0 Å². The highest BCUT2D eigenvalue weighted by Crippen LogP contribution is 2.30. The number of amides is 2. The summed E-state index contributed by atoms with van der Waals surface area (Å²) in [5, 5.41) is 10.2. The Morgan fingerprint density at radius 1 is 1.12 bits per heavy atom. The number of aliphatic hydroxyl groups excluding tert-OH is 1. The zero-order valence-corrected chi connectivity index (χ0v) is 29.0. The smallest absolute Gasteiger partial charge is 0.261 e. The molecule has 2 heterocycles. The van der Waals surface area contributed by atoms with Crippen molar-refractivity contribution in [1.82, 2.24) is 14.8 Å². The zero-order chi connectivity index (χ0) is 34.8. The number of likely N-dealkylation sites (N-methyl/N-ethyl adjacent to an activating group) is 1. The second-order valence-corrected chi connectivity index (χ2v) is 13.9. The number of anilines is 1. The Morgan fingerprint density at radius 3 is 2.50 bits per heavy atom. The summed E-state index contributed by atoms with van der Waals surface area (Å²) in [6.07, 6.45) is 4.75. The minimum absolute atomic E-state index is 0.0300. The van der Waals surface area contributed by atoms with E-state index in [0.29, 0.717) is 30.1 Å². The number of hydrogen-bond acceptors (Lipinski definition) is 9. The molecule has 3 aromatic rings. The van der Waals surface area contributed by atoms with Gasteiger partial charge in [-0.3, -0.25) is 19.3 Å². The maximum atomic E-state index is 14.4. The largest absolute Gasteiger partial charge is 0.497 e. The molecule has 0 saturated carbocycles. The molecule has 4 atom stereocenters. The molecule has 0 spiro atoms. The minimum atomic E-state index is -3.99. The number of aromatic nitrogens is 1. The van der Waals surface area contributed by atoms with Crippen molar-refractivity contribution < 1.29 is 37.3 Å². The molecule has 0 aliphatic carbocycles. The Balaban J connectivity index is 1.65. The Kier molecular flexibility index (Phi) is 12.8. The topological polar surface area (TPSA) is 148 Å². The van der Waals surface area contributed by atoms with Crippen LogP contribution in [0.15, 0.2) is 71.9 Å². The SMILES string of the molecule is COc1ccc(S(=O)(=O)Nc2ccc3c(c2)C(=O)N([C@H](C)CO)C[C@H](C)[C@@H](CN(C)C(=O)c2ccncc2)OCCCC[C@@H](C)O3)cc1. The molecule has 0 fully saturated rings. The molecule has 1 aliphatic rings. The number of carbonyl (C=O) groups is 2. The number of sulfonamides is 1. The van der Waals surface area contributed by atoms with Gasteiger partial charge in [-0.25, -0.2) is 8.42 Å². The van der Waals surface area contributed by atoms with Gasteiger partial charge >= 0.3 is 0 Å². The molecule has 0 radical (unpaired) electrons. The molecule has 2 N–H and O–H groups in total. The average molecular weight is 683 g/mol. The molecule has 1 aromatic heterocycles. The third kappa shape index (κ3) is 9.45. The molecule has 1 aliphatic heterocycles. The van der Waals surface area contributed by atoms with Crippen LogP contribution in [-0.2, 0) is 14.8 Å². The van der Waals surface area contributed by atoms with Gasteiger partial charge in [0.15, 0.2) is 0 Å². The van der Waals surface area contributed by atoms with Crippen LogP contribution in [0.2, 0.25) is 0 Å². The number of aliphatic hydroxyl groups is 1. The Hall–Kier alpha value is -4.20. The Morgan fingerprint density at radius 2 is 1.83 bits per heavy atom. The van der Waals surface area contributed by atoms with Crippen molar-refractivity contribution in [2.24, 2.45) is 5.92 Å². The van der Waals surface area contributed by atoms with E-state index in [-0.39, 0.29) is 53.8 Å². The van der Waals surface area contributed by atoms with Crippen molar-refractivity contribution in [2.75, 3.05) is 45.2 Å². The summed E-state index contributed by atoms with van der Waals surface area (Å²) in [6.45, 7) is 6.24. The average Bonchev–Trinajstić information content (AvgIpc) is 3.09. The fourth-order valence-corrected chi connectivity index (χ4v) is 6.53. The van der Waals surface area contributed by atoms with Crippen molar-refractivity contribution in [3.8, 4) is 11.5 Å². The fourth-order valence-electron chi connectivity index (χ4n) is 5.49. The lowest BCUT2D eigenvalue weighted by atomic mass is 10.0. The van der Waals surface area contributed by atoms with E-state index in [9.17, 15) is 23.1 Å². The number of ether oxygens (including phenoxy) is 3. The molecule has 2 aromatic carbocycles. The van der Waals surface area contributed by atoms with E-state index in [1.807, 2.05) is 13.8 Å². The van der Waals surface area contributed by atoms with Gasteiger partial charge in [0.2, 0.25) is 0 Å². The maximum Gasteiger partial charge on any atom is 0.261 e. The van der Waals surface area contributed by atoms with Gasteiger partial charge < -0.3 is 29.1 Å². The van der Waals surface area contributed by atoms with E-state index in [1.54, 1.807) is 72.6 Å². The number of hydrogen-bond donors (Lipinski definition) is 2. The third-order valence-electron chi connectivity index (χ3n) is 8.40. The van der Waals surface area contributed by atoms with Crippen LogP contribution in [-0.4, -0.2) is 98.8 Å². The monoisotopic (exact) mass is 682 g/mol. The van der Waals surface area contributed by atoms with Gasteiger partial charge in [0.25, 0.3) is 21.8 Å². The number of nitrogens with zero attached hydrogens (tertiary/aromatic N) is 3. The first-order valence-electron chi connectivity index (χ1n) is 16.1. The van der Waals surface area contributed by atoms with Gasteiger partial charge in [-0.2, -0.15) is 0 Å². The van der Waals surface area contributed by atoms with E-state index in [4.69, 9.17) is 14.2 Å². The number of methoxy groups -OCH3 is 1. The summed E-state index contributed by atoms with van der Waals surface area (Å²) in [6, 6.07) is 13.3. The highest BCUT2D eigenvalue weighted by Gasteiger charge is 2.31. The van der Waals surface area contributed by atoms with Crippen LogP contribution in [0.1, 0.15) is 60.7 Å². The quantitative estimate of drug-likeness (QED) is 0.334. The van der Waals surface area contributed by atoms with Crippen molar-refractivity contribution in [2.45, 2.75) is 63.2 Å². The predicted molar refractivity (Wildman–Crippen MR) is 182 cm³/mol. The standard InChI is InChI=1S/C35H46N4O8S/c1-24-21-39(25(2)23-40)35(42)31-20-28(37-48(43,44)30-12-10-29(45-5)11-13-30)9-14-32(31)47-26(3)8-6-7-19-46-33(24)22-38(4)34(41)27-15-17-36-18-16-27/h9-18,20,24-26,33,37,40H,6-8,19,21-23H2,1-5H3/t24-,25+,26+,33+/m0/s1. The normalized spacial score (nSPS) is 20.1. The maximum absolute atomic E-state index is 14.4. The molecule has 0 bridgehead atoms. The van der Waals surface area contributed by atoms with Gasteiger partial charge in [-0.15, -0.1) is 0 Å². The van der Waals surface area contributed by atoms with Gasteiger partial charge in [0, 0.05) is 56.3 Å². The molecular weight excluding hydrogens is 636 g/mol. The molecule has 48 heavy (non-hydrogen) atoms. The first-order chi connectivity index (χ1) is 22.9. The number of fused-ring (bicyclic) bond motifs is 1. The second-order valence-electron chi connectivity index (χ2n) is 12.2. The third-order valence-corrected chi connectivity index (χ3v) is 9.80. The van der Waals surface area contributed by atoms with Gasteiger partial charge in [-0.1, -0.05) is 6.92 Å². The van der Waals surface area contributed by atoms with E-state index >= 15 is 0 Å². The lowest BCUT2D eigenvalue weighted by Gasteiger charge is -2.36. The summed E-state index contributed by atoms with van der Waals surface area (Å²) in [5.74, 6) is -0.0279. The van der Waals surface area contributed by atoms with Crippen LogP contribution in [0.4, 0.5) is 5.69 Å². The van der Waals surface area contributed by atoms with Crippen molar-refractivity contribution >= 4 is 27.5 Å². The summed E-state index contributed by atoms with van der Waals surface area (Å²) in [5.41, 5.74) is 0.844. The number of rotatable bonds is 9. The summed E-state index contributed by atoms with van der Waals surface area (Å²) < 4.78 is 46.8. The molecule has 12 nitrogen and oxygen atoms in total. The Bertz CT molecular complexity index is 1620. The van der Waals surface area contributed by atoms with Crippen LogP contribution in [0, 0.1) is 5.92 Å². The molecule has 260 valence electrons. The van der Waals surface area contributed by atoms with E-state index in [0.717, 1.165) is 12.8 Å². The minimum Gasteiger partial charge on any atom is -0.497 e. The number of nitrogens with one attached hydrogen (secondary N) is 1. The highest BCUT2D eigenvalue weighted by molar-refractivity contribution is 7.92. The van der Waals surface area contributed by atoms with Crippen LogP contribution < -0.4 is 14.2 Å². The zero-order valence-electron chi connectivity index (χ0n) is 28.2. The number of carbonyl (C=O) groups excluding carboxylic acids is 2. The lowest BCUT2D eigenvalue weighted by molar-refractivity contribution is -0.0149. The molecule has 13 heteroatoms. The van der Waals surface area contributed by atoms with E-state index in [2.05, 4.69) is 9.71 Å². The molecule has 2 amide bonds. The van der Waals surface area contributed by atoms with Crippen LogP contribution in [0.25, 0.3) is 0 Å². The molecule has 4 rings (SSSR count). The molecule has 0 unspecified atom stereocenters. The van der Waals surface area contributed by atoms with Gasteiger partial charge in [0.1, 0.15) is 11.5 Å². The summed E-state index contributed by atoms with van der Waals surface area (Å²) in [4.78, 5) is 34.7. The highest BCUT2D eigenvalue weighted by atomic mass is 32.2. The summed E-state index contributed by atoms with van der Waals surface area (Å²) >= 11 is 0. The van der Waals surface area contributed by atoms with E-state index < -0.39 is 28.1 Å². The van der Waals surface area contributed by atoms with Crippen LogP contribution >= 0.6 is 0 Å². The van der Waals surface area contributed by atoms with Crippen LogP contribution in [0.5, 0.6) is 11.5 Å². The first kappa shape index (κ1) is 36.6. The number of benzene rings is 2. The van der Waals surface area contributed by atoms with Crippen molar-refractivity contribution in [3.05, 3.63) is 78.1 Å². The first-order valence-corrected chi connectivity index (χ1v) is 17.6. The molecule has 0 saturated heterocycles. The summed E-state index contributed by atoms with van der Waals surface area (Å²) in [7, 11) is -0.784. The lowest BCUT2D eigenvalue weighted by Crippen LogP contribution is -2.48. The predicted octanol–water partition coefficient (Wildman–Crippen LogP) is 4.46. The van der Waals surface area contributed by atoms with Crippen molar-refractivity contribution in [3.63, 3.8) is 0 Å². The Labute approximate surface area is 283 Å². The second kappa shape index (κ2) is 16.8. The van der Waals surface area contributed by atoms with E-state index in [1.165, 1.54) is 25.3 Å². The van der Waals surface area contributed by atoms with Gasteiger partial charge in [0.05, 0.1) is 42.4 Å². The van der Waals surface area contributed by atoms with Crippen LogP contribution in [0.3, 0.4) is 0 Å². The number of pyridine rings is 1. The van der Waals surface area contributed by atoms with Gasteiger partial charge in [-0.05, 0) is 87.7 Å².